The molecule has 0 saturated heterocycles. The summed E-state index contributed by atoms with van der Waals surface area (Å²) in [6.07, 6.45) is 1.56. The van der Waals surface area contributed by atoms with Crippen molar-refractivity contribution in [3.05, 3.63) is 42.0 Å². The lowest BCUT2D eigenvalue weighted by Crippen LogP contribution is -2.44. The van der Waals surface area contributed by atoms with Gasteiger partial charge < -0.3 is 20.1 Å². The molecule has 1 aliphatic carbocycles. The zero-order valence-electron chi connectivity index (χ0n) is 16.5. The Labute approximate surface area is 161 Å². The van der Waals surface area contributed by atoms with Crippen LogP contribution in [0.15, 0.2) is 36.4 Å². The monoisotopic (exact) mass is 376 g/mol. The molecule has 0 aliphatic heterocycles. The molecule has 0 amide bonds. The number of aliphatic hydroxyl groups excluding tert-OH is 1. The summed E-state index contributed by atoms with van der Waals surface area (Å²) in [5.41, 5.74) is 0.282. The van der Waals surface area contributed by atoms with Gasteiger partial charge in [-0.05, 0) is 62.8 Å². The lowest BCUT2D eigenvalue weighted by Gasteiger charge is -2.38. The van der Waals surface area contributed by atoms with Crippen LogP contribution in [0.25, 0.3) is 0 Å². The second-order valence-electron chi connectivity index (χ2n) is 8.39. The first kappa shape index (κ1) is 21.5. The van der Waals surface area contributed by atoms with Crippen LogP contribution < -0.4 is 0 Å². The predicted octanol–water partition coefficient (Wildman–Crippen LogP) is 3.82. The molecule has 4 atom stereocenters. The van der Waals surface area contributed by atoms with E-state index in [1.165, 1.54) is 24.3 Å². The standard InChI is InChI=1S/C22H32O5/c1-14(2)20-18(24)12-15(3)6-5-11-22(4,26)13-19(20)27-21(25)16-7-9-17(23)10-8-16/h7-10,14,18-20,23-24,26H,3,5-6,11-13H2,1-2,4H3/t18-,19+,20-,22+/m0/s1. The van der Waals surface area contributed by atoms with E-state index in [1.54, 1.807) is 6.92 Å². The highest BCUT2D eigenvalue weighted by atomic mass is 16.5. The van der Waals surface area contributed by atoms with Crippen LogP contribution in [0.4, 0.5) is 0 Å². The minimum absolute atomic E-state index is 0.0562. The summed E-state index contributed by atoms with van der Waals surface area (Å²) in [6.45, 7) is 9.77. The minimum atomic E-state index is -0.996. The van der Waals surface area contributed by atoms with Crippen LogP contribution in [0, 0.1) is 11.8 Å². The molecule has 5 nitrogen and oxygen atoms in total. The van der Waals surface area contributed by atoms with E-state index in [0.717, 1.165) is 18.4 Å². The third-order valence-electron chi connectivity index (χ3n) is 5.39. The van der Waals surface area contributed by atoms with E-state index in [1.807, 2.05) is 13.8 Å². The molecule has 150 valence electrons. The lowest BCUT2D eigenvalue weighted by atomic mass is 9.76. The van der Waals surface area contributed by atoms with E-state index < -0.39 is 23.8 Å². The van der Waals surface area contributed by atoms with Gasteiger partial charge in [0, 0.05) is 12.3 Å². The maximum atomic E-state index is 12.6. The Morgan fingerprint density at radius 3 is 2.52 bits per heavy atom. The van der Waals surface area contributed by atoms with Gasteiger partial charge >= 0.3 is 5.97 Å². The molecule has 2 rings (SSSR count). The summed E-state index contributed by atoms with van der Waals surface area (Å²) in [5.74, 6) is -0.709. The number of rotatable bonds is 3. The van der Waals surface area contributed by atoms with E-state index in [0.29, 0.717) is 18.4 Å². The molecular formula is C22H32O5. The van der Waals surface area contributed by atoms with Gasteiger partial charge in [0.2, 0.25) is 0 Å². The summed E-state index contributed by atoms with van der Waals surface area (Å²) in [4.78, 5) is 12.6. The number of hydrogen-bond donors (Lipinski definition) is 3. The molecular weight excluding hydrogens is 344 g/mol. The summed E-state index contributed by atoms with van der Waals surface area (Å²) < 4.78 is 5.79. The number of aliphatic hydroxyl groups is 2. The largest absolute Gasteiger partial charge is 0.508 e. The van der Waals surface area contributed by atoms with Crippen molar-refractivity contribution in [2.45, 2.75) is 70.7 Å². The molecule has 1 saturated carbocycles. The first-order valence-corrected chi connectivity index (χ1v) is 9.66. The van der Waals surface area contributed by atoms with E-state index in [-0.39, 0.29) is 24.0 Å². The number of ether oxygens (including phenoxy) is 1. The molecule has 0 heterocycles. The fourth-order valence-electron chi connectivity index (χ4n) is 3.97. The molecule has 0 radical (unpaired) electrons. The Kier molecular flexibility index (Phi) is 7.06. The van der Waals surface area contributed by atoms with Gasteiger partial charge in [0.1, 0.15) is 11.9 Å². The van der Waals surface area contributed by atoms with Crippen LogP contribution in [0.5, 0.6) is 5.75 Å². The minimum Gasteiger partial charge on any atom is -0.508 e. The number of carbonyl (C=O) groups is 1. The molecule has 5 heteroatoms. The van der Waals surface area contributed by atoms with Gasteiger partial charge in [-0.25, -0.2) is 4.79 Å². The number of esters is 1. The fraction of sp³-hybridized carbons (Fsp3) is 0.591. The SMILES string of the molecule is C=C1CCC[C@@](C)(O)C[C@@H](OC(=O)c2ccc(O)cc2)[C@@H](C(C)C)[C@@H](O)C1. The maximum Gasteiger partial charge on any atom is 0.338 e. The molecule has 1 aromatic rings. The average molecular weight is 376 g/mol. The van der Waals surface area contributed by atoms with Gasteiger partial charge in [-0.15, -0.1) is 0 Å². The normalized spacial score (nSPS) is 30.1. The Morgan fingerprint density at radius 1 is 1.30 bits per heavy atom. The highest BCUT2D eigenvalue weighted by molar-refractivity contribution is 5.89. The quantitative estimate of drug-likeness (QED) is 0.551. The van der Waals surface area contributed by atoms with Gasteiger partial charge in [0.05, 0.1) is 17.3 Å². The summed E-state index contributed by atoms with van der Waals surface area (Å²) >= 11 is 0. The third-order valence-corrected chi connectivity index (χ3v) is 5.39. The lowest BCUT2D eigenvalue weighted by molar-refractivity contribution is -0.0751. The number of phenols is 1. The second kappa shape index (κ2) is 8.89. The zero-order chi connectivity index (χ0) is 20.2. The topological polar surface area (TPSA) is 87.0 Å². The first-order valence-electron chi connectivity index (χ1n) is 9.66. The predicted molar refractivity (Wildman–Crippen MR) is 104 cm³/mol. The molecule has 0 aromatic heterocycles. The van der Waals surface area contributed by atoms with Gasteiger partial charge in [0.25, 0.3) is 0 Å². The molecule has 3 N–H and O–H groups in total. The van der Waals surface area contributed by atoms with Crippen molar-refractivity contribution >= 4 is 5.97 Å². The van der Waals surface area contributed by atoms with E-state index in [2.05, 4.69) is 6.58 Å². The van der Waals surface area contributed by atoms with Gasteiger partial charge in [-0.3, -0.25) is 0 Å². The van der Waals surface area contributed by atoms with Crippen LogP contribution in [-0.4, -0.2) is 39.1 Å². The third kappa shape index (κ3) is 6.08. The van der Waals surface area contributed by atoms with E-state index >= 15 is 0 Å². The molecule has 27 heavy (non-hydrogen) atoms. The Hall–Kier alpha value is -1.85. The smallest absolute Gasteiger partial charge is 0.338 e. The highest BCUT2D eigenvalue weighted by Crippen LogP contribution is 2.35. The van der Waals surface area contributed by atoms with E-state index in [9.17, 15) is 20.1 Å². The van der Waals surface area contributed by atoms with Crippen LogP contribution in [0.1, 0.15) is 63.2 Å². The van der Waals surface area contributed by atoms with Crippen LogP contribution in [0.3, 0.4) is 0 Å². The number of carbonyl (C=O) groups excluding carboxylic acids is 1. The molecule has 1 fully saturated rings. The molecule has 0 bridgehead atoms. The summed E-state index contributed by atoms with van der Waals surface area (Å²) in [5, 5.41) is 31.1. The zero-order valence-corrected chi connectivity index (χ0v) is 16.5. The number of hydrogen-bond acceptors (Lipinski definition) is 5. The Bertz CT molecular complexity index is 647. The van der Waals surface area contributed by atoms with Crippen LogP contribution >= 0.6 is 0 Å². The molecule has 1 aromatic carbocycles. The van der Waals surface area contributed by atoms with Crippen LogP contribution in [0.2, 0.25) is 0 Å². The van der Waals surface area contributed by atoms with Crippen molar-refractivity contribution in [1.82, 2.24) is 0 Å². The van der Waals surface area contributed by atoms with Crippen molar-refractivity contribution in [2.75, 3.05) is 0 Å². The highest BCUT2D eigenvalue weighted by Gasteiger charge is 2.39. The summed E-state index contributed by atoms with van der Waals surface area (Å²) in [7, 11) is 0. The number of benzene rings is 1. The van der Waals surface area contributed by atoms with Crippen molar-refractivity contribution < 1.29 is 24.9 Å². The van der Waals surface area contributed by atoms with Crippen molar-refractivity contribution in [1.29, 1.82) is 0 Å². The summed E-state index contributed by atoms with van der Waals surface area (Å²) in [6, 6.07) is 5.86. The number of aromatic hydroxyl groups is 1. The Morgan fingerprint density at radius 2 is 1.93 bits per heavy atom. The molecule has 0 unspecified atom stereocenters. The maximum absolute atomic E-state index is 12.6. The van der Waals surface area contributed by atoms with Crippen molar-refractivity contribution in [3.8, 4) is 5.75 Å². The average Bonchev–Trinajstić information content (AvgIpc) is 2.53. The van der Waals surface area contributed by atoms with Crippen LogP contribution in [-0.2, 0) is 4.74 Å². The second-order valence-corrected chi connectivity index (χ2v) is 8.39. The number of phenolic OH excluding ortho intramolecular Hbond substituents is 1. The molecule has 1 aliphatic rings. The fourth-order valence-corrected chi connectivity index (χ4v) is 3.97. The molecule has 0 spiro atoms. The Balaban J connectivity index is 2.30. The van der Waals surface area contributed by atoms with E-state index in [4.69, 9.17) is 4.74 Å². The van der Waals surface area contributed by atoms with Gasteiger partial charge in [-0.2, -0.15) is 0 Å². The van der Waals surface area contributed by atoms with Gasteiger partial charge in [-0.1, -0.05) is 26.0 Å². The first-order chi connectivity index (χ1) is 12.6. The van der Waals surface area contributed by atoms with Crippen molar-refractivity contribution in [2.24, 2.45) is 11.8 Å². The van der Waals surface area contributed by atoms with Gasteiger partial charge in [0.15, 0.2) is 0 Å². The van der Waals surface area contributed by atoms with Crippen molar-refractivity contribution in [3.63, 3.8) is 0 Å².